The molecule has 0 N–H and O–H groups in total. The second kappa shape index (κ2) is 9.50. The Bertz CT molecular complexity index is 685. The molecular formula is C16H24N2O6S. The minimum atomic E-state index is -3.55. The monoisotopic (exact) mass is 372 g/mol. The first-order valence-electron chi connectivity index (χ1n) is 7.61. The van der Waals surface area contributed by atoms with Crippen molar-refractivity contribution in [3.05, 3.63) is 29.8 Å². The van der Waals surface area contributed by atoms with Gasteiger partial charge in [0.1, 0.15) is 0 Å². The predicted molar refractivity (Wildman–Crippen MR) is 91.7 cm³/mol. The quantitative estimate of drug-likeness (QED) is 0.589. The molecule has 1 rings (SSSR count). The third kappa shape index (κ3) is 5.80. The highest BCUT2D eigenvalue weighted by atomic mass is 32.2. The maximum Gasteiger partial charge on any atom is 0.307 e. The van der Waals surface area contributed by atoms with E-state index in [0.717, 1.165) is 4.31 Å². The number of methoxy groups -OCH3 is 2. The van der Waals surface area contributed by atoms with E-state index >= 15 is 0 Å². The maximum atomic E-state index is 12.6. The van der Waals surface area contributed by atoms with Crippen molar-refractivity contribution < 1.29 is 27.5 Å². The van der Waals surface area contributed by atoms with Crippen LogP contribution in [0, 0.1) is 0 Å². The molecule has 1 amide bonds. The molecule has 1 aromatic rings. The number of rotatable bonds is 9. The zero-order valence-electron chi connectivity index (χ0n) is 14.9. The molecular weight excluding hydrogens is 348 g/mol. The molecule has 1 aromatic carbocycles. The highest BCUT2D eigenvalue weighted by molar-refractivity contribution is 7.89. The minimum Gasteiger partial charge on any atom is -0.469 e. The van der Waals surface area contributed by atoms with Crippen molar-refractivity contribution in [1.82, 2.24) is 9.21 Å². The molecule has 0 aliphatic heterocycles. The van der Waals surface area contributed by atoms with Gasteiger partial charge in [-0.1, -0.05) is 0 Å². The first-order chi connectivity index (χ1) is 11.7. The number of esters is 1. The first kappa shape index (κ1) is 21.1. The summed E-state index contributed by atoms with van der Waals surface area (Å²) in [7, 11) is 2.13. The summed E-state index contributed by atoms with van der Waals surface area (Å²) in [6, 6.07) is 5.68. The Morgan fingerprint density at radius 3 is 2.12 bits per heavy atom. The number of carbonyl (C=O) groups is 2. The average Bonchev–Trinajstić information content (AvgIpc) is 2.60. The van der Waals surface area contributed by atoms with Crippen LogP contribution in [0.15, 0.2) is 29.2 Å². The molecule has 0 aliphatic rings. The van der Waals surface area contributed by atoms with Gasteiger partial charge in [-0.3, -0.25) is 9.59 Å². The third-order valence-corrected chi connectivity index (χ3v) is 5.38. The number of amides is 1. The largest absolute Gasteiger partial charge is 0.469 e. The van der Waals surface area contributed by atoms with E-state index in [1.54, 1.807) is 0 Å². The summed E-state index contributed by atoms with van der Waals surface area (Å²) in [5.74, 6) is -0.725. The van der Waals surface area contributed by atoms with Gasteiger partial charge >= 0.3 is 5.97 Å². The van der Waals surface area contributed by atoms with Crippen LogP contribution in [-0.2, 0) is 24.3 Å². The van der Waals surface area contributed by atoms with Crippen LogP contribution in [0.25, 0.3) is 0 Å². The topological polar surface area (TPSA) is 93.2 Å². The standard InChI is InChI=1S/C16H24N2O6S/c1-17(2)25(21,22)14-7-5-13(6-8-14)16(20)18(11-12-23-3)10-9-15(19)24-4/h5-8H,9-12H2,1-4H3. The van der Waals surface area contributed by atoms with E-state index in [9.17, 15) is 18.0 Å². The Kier molecular flexibility index (Phi) is 8.01. The number of ether oxygens (including phenoxy) is 2. The fourth-order valence-electron chi connectivity index (χ4n) is 2.01. The van der Waals surface area contributed by atoms with Gasteiger partial charge < -0.3 is 14.4 Å². The van der Waals surface area contributed by atoms with Crippen LogP contribution in [0.5, 0.6) is 0 Å². The second-order valence-electron chi connectivity index (χ2n) is 5.42. The second-order valence-corrected chi connectivity index (χ2v) is 7.57. The molecule has 0 unspecified atom stereocenters. The molecule has 0 aliphatic carbocycles. The fourth-order valence-corrected chi connectivity index (χ4v) is 2.91. The Hall–Kier alpha value is -1.97. The lowest BCUT2D eigenvalue weighted by Gasteiger charge is -2.22. The van der Waals surface area contributed by atoms with Crippen molar-refractivity contribution in [1.29, 1.82) is 0 Å². The lowest BCUT2D eigenvalue weighted by Crippen LogP contribution is -2.35. The van der Waals surface area contributed by atoms with Gasteiger partial charge in [0.2, 0.25) is 10.0 Å². The van der Waals surface area contributed by atoms with Crippen LogP contribution in [0.3, 0.4) is 0 Å². The van der Waals surface area contributed by atoms with Gasteiger partial charge in [-0.2, -0.15) is 0 Å². The summed E-state index contributed by atoms with van der Waals surface area (Å²) in [5, 5.41) is 0. The Morgan fingerprint density at radius 1 is 1.04 bits per heavy atom. The number of sulfonamides is 1. The Balaban J connectivity index is 2.94. The fraction of sp³-hybridized carbons (Fsp3) is 0.500. The molecule has 140 valence electrons. The van der Waals surface area contributed by atoms with Crippen LogP contribution in [-0.4, -0.2) is 77.5 Å². The van der Waals surface area contributed by atoms with Gasteiger partial charge in [-0.25, -0.2) is 12.7 Å². The smallest absolute Gasteiger partial charge is 0.307 e. The molecule has 0 spiro atoms. The summed E-state index contributed by atoms with van der Waals surface area (Å²) in [4.78, 5) is 25.5. The molecule has 0 radical (unpaired) electrons. The van der Waals surface area contributed by atoms with Gasteiger partial charge in [0, 0.05) is 39.9 Å². The van der Waals surface area contributed by atoms with Gasteiger partial charge in [0.25, 0.3) is 5.91 Å². The van der Waals surface area contributed by atoms with E-state index in [4.69, 9.17) is 4.74 Å². The zero-order valence-corrected chi connectivity index (χ0v) is 15.7. The summed E-state index contributed by atoms with van der Waals surface area (Å²) < 4.78 is 34.8. The minimum absolute atomic E-state index is 0.0685. The van der Waals surface area contributed by atoms with E-state index < -0.39 is 16.0 Å². The molecule has 8 nitrogen and oxygen atoms in total. The summed E-state index contributed by atoms with van der Waals surface area (Å²) in [6.45, 7) is 0.816. The lowest BCUT2D eigenvalue weighted by molar-refractivity contribution is -0.140. The maximum absolute atomic E-state index is 12.6. The van der Waals surface area contributed by atoms with Crippen molar-refractivity contribution >= 4 is 21.9 Å². The highest BCUT2D eigenvalue weighted by Gasteiger charge is 2.20. The van der Waals surface area contributed by atoms with Crippen LogP contribution in [0.1, 0.15) is 16.8 Å². The normalized spacial score (nSPS) is 11.4. The van der Waals surface area contributed by atoms with Gasteiger partial charge in [0.05, 0.1) is 25.0 Å². The van der Waals surface area contributed by atoms with E-state index in [1.807, 2.05) is 0 Å². The van der Waals surface area contributed by atoms with Crippen LogP contribution in [0.4, 0.5) is 0 Å². The summed E-state index contributed by atoms with van der Waals surface area (Å²) in [5.41, 5.74) is 0.332. The van der Waals surface area contributed by atoms with E-state index in [0.29, 0.717) is 18.7 Å². The summed E-state index contributed by atoms with van der Waals surface area (Å²) in [6.07, 6.45) is 0.0685. The molecule has 0 aromatic heterocycles. The molecule has 25 heavy (non-hydrogen) atoms. The van der Waals surface area contributed by atoms with Crippen LogP contribution >= 0.6 is 0 Å². The number of hydrogen-bond donors (Lipinski definition) is 0. The van der Waals surface area contributed by atoms with Crippen LogP contribution < -0.4 is 0 Å². The Labute approximate surface area is 148 Å². The first-order valence-corrected chi connectivity index (χ1v) is 9.05. The van der Waals surface area contributed by atoms with Crippen molar-refractivity contribution in [3.63, 3.8) is 0 Å². The van der Waals surface area contributed by atoms with Crippen molar-refractivity contribution in [2.24, 2.45) is 0 Å². The highest BCUT2D eigenvalue weighted by Crippen LogP contribution is 2.15. The number of benzene rings is 1. The molecule has 0 atom stereocenters. The van der Waals surface area contributed by atoms with E-state index in [2.05, 4.69) is 4.74 Å². The van der Waals surface area contributed by atoms with Crippen LogP contribution in [0.2, 0.25) is 0 Å². The Morgan fingerprint density at radius 2 is 1.64 bits per heavy atom. The van der Waals surface area contributed by atoms with Crippen molar-refractivity contribution in [2.45, 2.75) is 11.3 Å². The summed E-state index contributed by atoms with van der Waals surface area (Å²) >= 11 is 0. The van der Waals surface area contributed by atoms with Gasteiger partial charge in [0.15, 0.2) is 0 Å². The SMILES string of the molecule is COCCN(CCC(=O)OC)C(=O)c1ccc(S(=O)(=O)N(C)C)cc1. The molecule has 0 heterocycles. The molecule has 0 fully saturated rings. The third-order valence-electron chi connectivity index (χ3n) is 3.55. The molecule has 0 bridgehead atoms. The zero-order chi connectivity index (χ0) is 19.0. The number of nitrogens with zero attached hydrogens (tertiary/aromatic N) is 2. The van der Waals surface area contributed by atoms with Gasteiger partial charge in [-0.05, 0) is 24.3 Å². The molecule has 0 saturated heterocycles. The average molecular weight is 372 g/mol. The van der Waals surface area contributed by atoms with Crippen molar-refractivity contribution in [3.8, 4) is 0 Å². The van der Waals surface area contributed by atoms with E-state index in [1.165, 1.54) is 57.5 Å². The molecule has 9 heteroatoms. The molecule has 0 saturated carbocycles. The van der Waals surface area contributed by atoms with Crippen molar-refractivity contribution in [2.75, 3.05) is 48.0 Å². The number of hydrogen-bond acceptors (Lipinski definition) is 6. The van der Waals surface area contributed by atoms with Gasteiger partial charge in [-0.15, -0.1) is 0 Å². The number of carbonyl (C=O) groups excluding carboxylic acids is 2. The lowest BCUT2D eigenvalue weighted by atomic mass is 10.2. The predicted octanol–water partition coefficient (Wildman–Crippen LogP) is 0.589. The van der Waals surface area contributed by atoms with E-state index in [-0.39, 0.29) is 23.8 Å².